The SMILES string of the molecule is CC(C)(C)C1CCN(C(=O)CCCCCCCO)CC1. The van der Waals surface area contributed by atoms with E-state index in [-0.39, 0.29) is 0 Å². The summed E-state index contributed by atoms with van der Waals surface area (Å²) in [6.07, 6.45) is 8.26. The first-order chi connectivity index (χ1) is 9.45. The number of unbranched alkanes of at least 4 members (excludes halogenated alkanes) is 4. The van der Waals surface area contributed by atoms with Crippen molar-refractivity contribution in [2.24, 2.45) is 11.3 Å². The summed E-state index contributed by atoms with van der Waals surface area (Å²) in [5, 5.41) is 8.70. The van der Waals surface area contributed by atoms with Gasteiger partial charge in [-0.3, -0.25) is 4.79 Å². The van der Waals surface area contributed by atoms with E-state index in [9.17, 15) is 4.79 Å². The van der Waals surface area contributed by atoms with Gasteiger partial charge in [0.25, 0.3) is 0 Å². The average Bonchev–Trinajstić information content (AvgIpc) is 2.41. The topological polar surface area (TPSA) is 40.5 Å². The van der Waals surface area contributed by atoms with Crippen molar-refractivity contribution in [1.82, 2.24) is 4.90 Å². The Kier molecular flexibility index (Phi) is 7.57. The Balaban J connectivity index is 2.13. The van der Waals surface area contributed by atoms with Gasteiger partial charge in [-0.05, 0) is 37.0 Å². The predicted molar refractivity (Wildman–Crippen MR) is 83.5 cm³/mol. The molecule has 1 N–H and O–H groups in total. The largest absolute Gasteiger partial charge is 0.396 e. The average molecular weight is 283 g/mol. The highest BCUT2D eigenvalue weighted by atomic mass is 16.2. The van der Waals surface area contributed by atoms with Gasteiger partial charge in [0.1, 0.15) is 0 Å². The van der Waals surface area contributed by atoms with Crippen molar-refractivity contribution < 1.29 is 9.90 Å². The second-order valence-corrected chi connectivity index (χ2v) is 7.26. The summed E-state index contributed by atoms with van der Waals surface area (Å²) in [6.45, 7) is 9.11. The Morgan fingerprint density at radius 3 is 2.15 bits per heavy atom. The van der Waals surface area contributed by atoms with Gasteiger partial charge in [-0.25, -0.2) is 0 Å². The van der Waals surface area contributed by atoms with Crippen LogP contribution in [0.5, 0.6) is 0 Å². The van der Waals surface area contributed by atoms with Crippen molar-refractivity contribution in [2.75, 3.05) is 19.7 Å². The molecule has 1 fully saturated rings. The van der Waals surface area contributed by atoms with E-state index in [1.807, 2.05) is 0 Å². The number of likely N-dealkylation sites (tertiary alicyclic amines) is 1. The summed E-state index contributed by atoms with van der Waals surface area (Å²) in [5.74, 6) is 1.10. The van der Waals surface area contributed by atoms with Crippen molar-refractivity contribution >= 4 is 5.91 Å². The van der Waals surface area contributed by atoms with E-state index in [2.05, 4.69) is 25.7 Å². The molecular weight excluding hydrogens is 250 g/mol. The van der Waals surface area contributed by atoms with E-state index in [1.54, 1.807) is 0 Å². The molecule has 1 amide bonds. The molecule has 20 heavy (non-hydrogen) atoms. The van der Waals surface area contributed by atoms with E-state index >= 15 is 0 Å². The number of amides is 1. The first-order valence-electron chi connectivity index (χ1n) is 8.34. The van der Waals surface area contributed by atoms with E-state index in [4.69, 9.17) is 5.11 Å². The molecule has 1 aliphatic heterocycles. The third kappa shape index (κ3) is 6.25. The Hall–Kier alpha value is -0.570. The van der Waals surface area contributed by atoms with Crippen molar-refractivity contribution in [1.29, 1.82) is 0 Å². The lowest BCUT2D eigenvalue weighted by Gasteiger charge is -2.38. The van der Waals surface area contributed by atoms with Crippen molar-refractivity contribution in [3.05, 3.63) is 0 Å². The van der Waals surface area contributed by atoms with E-state index < -0.39 is 0 Å². The summed E-state index contributed by atoms with van der Waals surface area (Å²) in [4.78, 5) is 14.2. The zero-order valence-electron chi connectivity index (χ0n) is 13.7. The Labute approximate surface area is 124 Å². The maximum atomic E-state index is 12.1. The molecule has 118 valence electrons. The lowest BCUT2D eigenvalue weighted by molar-refractivity contribution is -0.133. The van der Waals surface area contributed by atoms with Gasteiger partial charge in [-0.2, -0.15) is 0 Å². The normalized spacial score (nSPS) is 17.5. The number of carbonyl (C=O) groups excluding carboxylic acids is 1. The standard InChI is InChI=1S/C17H33NO2/c1-17(2,3)15-10-12-18(13-11-15)16(20)9-7-5-4-6-8-14-19/h15,19H,4-14H2,1-3H3. The highest BCUT2D eigenvalue weighted by Crippen LogP contribution is 2.34. The van der Waals surface area contributed by atoms with Crippen LogP contribution >= 0.6 is 0 Å². The molecule has 0 radical (unpaired) electrons. The molecular formula is C17H33NO2. The Morgan fingerprint density at radius 1 is 1.05 bits per heavy atom. The van der Waals surface area contributed by atoms with Gasteiger partial charge in [0.15, 0.2) is 0 Å². The highest BCUT2D eigenvalue weighted by molar-refractivity contribution is 5.76. The minimum Gasteiger partial charge on any atom is -0.396 e. The maximum absolute atomic E-state index is 12.1. The number of aliphatic hydroxyl groups is 1. The number of rotatable bonds is 7. The maximum Gasteiger partial charge on any atom is 0.222 e. The number of aliphatic hydroxyl groups excluding tert-OH is 1. The van der Waals surface area contributed by atoms with E-state index in [0.717, 1.165) is 64.0 Å². The van der Waals surface area contributed by atoms with Gasteiger partial charge in [-0.1, -0.05) is 40.0 Å². The molecule has 3 nitrogen and oxygen atoms in total. The summed E-state index contributed by atoms with van der Waals surface area (Å²) in [7, 11) is 0. The minimum atomic E-state index is 0.293. The molecule has 3 heteroatoms. The molecule has 0 bridgehead atoms. The van der Waals surface area contributed by atoms with Crippen LogP contribution in [-0.2, 0) is 4.79 Å². The van der Waals surface area contributed by atoms with Gasteiger partial charge < -0.3 is 10.0 Å². The van der Waals surface area contributed by atoms with Crippen LogP contribution < -0.4 is 0 Å². The molecule has 0 spiro atoms. The molecule has 0 aromatic heterocycles. The molecule has 1 heterocycles. The van der Waals surface area contributed by atoms with Crippen molar-refractivity contribution in [2.45, 2.75) is 72.1 Å². The lowest BCUT2D eigenvalue weighted by Crippen LogP contribution is -2.41. The van der Waals surface area contributed by atoms with Gasteiger partial charge >= 0.3 is 0 Å². The summed E-state index contributed by atoms with van der Waals surface area (Å²) >= 11 is 0. The predicted octanol–water partition coefficient (Wildman–Crippen LogP) is 3.60. The van der Waals surface area contributed by atoms with Crippen LogP contribution in [0.25, 0.3) is 0 Å². The second kappa shape index (κ2) is 8.66. The van der Waals surface area contributed by atoms with Crippen LogP contribution in [0.2, 0.25) is 0 Å². The fourth-order valence-corrected chi connectivity index (χ4v) is 3.07. The van der Waals surface area contributed by atoms with Crippen molar-refractivity contribution in [3.63, 3.8) is 0 Å². The smallest absolute Gasteiger partial charge is 0.222 e. The number of nitrogens with zero attached hydrogens (tertiary/aromatic N) is 1. The van der Waals surface area contributed by atoms with Crippen molar-refractivity contribution in [3.8, 4) is 0 Å². The molecule has 0 unspecified atom stereocenters. The van der Waals surface area contributed by atoms with Crippen LogP contribution in [0.3, 0.4) is 0 Å². The summed E-state index contributed by atoms with van der Waals surface area (Å²) in [5.41, 5.74) is 0.377. The molecule has 0 aromatic rings. The monoisotopic (exact) mass is 283 g/mol. The summed E-state index contributed by atoms with van der Waals surface area (Å²) in [6, 6.07) is 0. The number of hydrogen-bond donors (Lipinski definition) is 1. The number of hydrogen-bond acceptors (Lipinski definition) is 2. The number of piperidine rings is 1. The third-order valence-corrected chi connectivity index (χ3v) is 4.62. The van der Waals surface area contributed by atoms with Crippen LogP contribution in [0.4, 0.5) is 0 Å². The highest BCUT2D eigenvalue weighted by Gasteiger charge is 2.29. The first-order valence-corrected chi connectivity index (χ1v) is 8.34. The Bertz CT molecular complexity index is 275. The Morgan fingerprint density at radius 2 is 1.60 bits per heavy atom. The molecule has 0 saturated carbocycles. The zero-order valence-corrected chi connectivity index (χ0v) is 13.7. The third-order valence-electron chi connectivity index (χ3n) is 4.62. The lowest BCUT2D eigenvalue weighted by atomic mass is 9.75. The molecule has 0 atom stereocenters. The fraction of sp³-hybridized carbons (Fsp3) is 0.941. The minimum absolute atomic E-state index is 0.293. The number of carbonyl (C=O) groups is 1. The van der Waals surface area contributed by atoms with E-state index in [0.29, 0.717) is 24.3 Å². The molecule has 1 saturated heterocycles. The van der Waals surface area contributed by atoms with Gasteiger partial charge in [0.05, 0.1) is 0 Å². The van der Waals surface area contributed by atoms with E-state index in [1.165, 1.54) is 0 Å². The van der Waals surface area contributed by atoms with Crippen LogP contribution in [0, 0.1) is 11.3 Å². The van der Waals surface area contributed by atoms with Gasteiger partial charge in [-0.15, -0.1) is 0 Å². The first kappa shape index (κ1) is 17.5. The quantitative estimate of drug-likeness (QED) is 0.725. The molecule has 0 aromatic carbocycles. The zero-order chi connectivity index (χ0) is 15.0. The second-order valence-electron chi connectivity index (χ2n) is 7.26. The molecule has 0 aliphatic carbocycles. The van der Waals surface area contributed by atoms with Crippen LogP contribution in [0.1, 0.15) is 72.1 Å². The van der Waals surface area contributed by atoms with Crippen LogP contribution in [-0.4, -0.2) is 35.6 Å². The van der Waals surface area contributed by atoms with Crippen LogP contribution in [0.15, 0.2) is 0 Å². The summed E-state index contributed by atoms with van der Waals surface area (Å²) < 4.78 is 0. The van der Waals surface area contributed by atoms with Gasteiger partial charge in [0.2, 0.25) is 5.91 Å². The fourth-order valence-electron chi connectivity index (χ4n) is 3.07. The molecule has 1 aliphatic rings. The van der Waals surface area contributed by atoms with Gasteiger partial charge in [0, 0.05) is 26.1 Å². The molecule has 1 rings (SSSR count).